The Kier molecular flexibility index (Phi) is 4.52. The molecule has 1 aliphatic rings. The van der Waals surface area contributed by atoms with Crippen molar-refractivity contribution in [2.75, 3.05) is 6.61 Å². The van der Waals surface area contributed by atoms with E-state index >= 15 is 0 Å². The Morgan fingerprint density at radius 2 is 1.92 bits per heavy atom. The number of carbonyl (C=O) groups excluding carboxylic acids is 1. The second kappa shape index (κ2) is 6.91. The fraction of sp³-hybridized carbons (Fsp3) is 0.0526. The van der Waals surface area contributed by atoms with Gasteiger partial charge in [0.05, 0.1) is 0 Å². The van der Waals surface area contributed by atoms with Gasteiger partial charge in [-0.05, 0) is 36.4 Å². The van der Waals surface area contributed by atoms with Gasteiger partial charge >= 0.3 is 5.97 Å². The Morgan fingerprint density at radius 3 is 2.67 bits per heavy atom. The number of hydrogen-bond acceptors (Lipinski definition) is 4. The van der Waals surface area contributed by atoms with Gasteiger partial charge in [-0.15, -0.1) is 0 Å². The number of nitrogens with zero attached hydrogens (tertiary/aromatic N) is 1. The van der Waals surface area contributed by atoms with Gasteiger partial charge in [0.25, 0.3) is 0 Å². The van der Waals surface area contributed by atoms with Crippen molar-refractivity contribution in [2.24, 2.45) is 4.99 Å². The molecule has 0 aliphatic carbocycles. The van der Waals surface area contributed by atoms with Crippen LogP contribution >= 0.6 is 0 Å². The van der Waals surface area contributed by atoms with E-state index in [1.807, 2.05) is 18.2 Å². The molecule has 24 heavy (non-hydrogen) atoms. The summed E-state index contributed by atoms with van der Waals surface area (Å²) in [5.41, 5.74) is 1.39. The molecule has 0 amide bonds. The van der Waals surface area contributed by atoms with E-state index in [4.69, 9.17) is 9.47 Å². The van der Waals surface area contributed by atoms with Gasteiger partial charge in [0.1, 0.15) is 18.2 Å². The van der Waals surface area contributed by atoms with Gasteiger partial charge in [-0.25, -0.2) is 14.2 Å². The number of ether oxygens (including phenoxy) is 2. The van der Waals surface area contributed by atoms with Gasteiger partial charge in [0, 0.05) is 11.1 Å². The molecule has 0 bridgehead atoms. The SMILES string of the molecule is C=CCOc1ccccc1C=C1N=C(c2ccc(F)cc2)OC1=O. The van der Waals surface area contributed by atoms with Gasteiger partial charge in [0.15, 0.2) is 5.70 Å². The van der Waals surface area contributed by atoms with Crippen molar-refractivity contribution in [3.63, 3.8) is 0 Å². The maximum absolute atomic E-state index is 13.0. The van der Waals surface area contributed by atoms with Crippen LogP contribution < -0.4 is 4.74 Å². The van der Waals surface area contributed by atoms with Crippen molar-refractivity contribution >= 4 is 17.9 Å². The summed E-state index contributed by atoms with van der Waals surface area (Å²) in [6, 6.07) is 12.8. The van der Waals surface area contributed by atoms with Crippen molar-refractivity contribution in [1.82, 2.24) is 0 Å². The summed E-state index contributed by atoms with van der Waals surface area (Å²) < 4.78 is 23.7. The highest BCUT2D eigenvalue weighted by molar-refractivity contribution is 6.12. The lowest BCUT2D eigenvalue weighted by molar-refractivity contribution is -0.129. The maximum atomic E-state index is 13.0. The lowest BCUT2D eigenvalue weighted by Gasteiger charge is -2.06. The van der Waals surface area contributed by atoms with Gasteiger partial charge in [-0.2, -0.15) is 0 Å². The van der Waals surface area contributed by atoms with Crippen molar-refractivity contribution in [1.29, 1.82) is 0 Å². The molecule has 1 heterocycles. The summed E-state index contributed by atoms with van der Waals surface area (Å²) in [7, 11) is 0. The van der Waals surface area contributed by atoms with Gasteiger partial charge in [-0.3, -0.25) is 0 Å². The van der Waals surface area contributed by atoms with E-state index in [1.165, 1.54) is 24.3 Å². The van der Waals surface area contributed by atoms with Crippen molar-refractivity contribution in [3.8, 4) is 5.75 Å². The van der Waals surface area contributed by atoms with Gasteiger partial charge in [0.2, 0.25) is 5.90 Å². The second-order valence-electron chi connectivity index (χ2n) is 4.98. The summed E-state index contributed by atoms with van der Waals surface area (Å²) >= 11 is 0. The van der Waals surface area contributed by atoms with E-state index in [0.717, 1.165) is 0 Å². The first-order valence-electron chi connectivity index (χ1n) is 7.28. The first kappa shape index (κ1) is 15.7. The van der Waals surface area contributed by atoms with Gasteiger partial charge < -0.3 is 9.47 Å². The average molecular weight is 323 g/mol. The Bertz CT molecular complexity index is 838. The molecule has 0 fully saturated rings. The third-order valence-electron chi connectivity index (χ3n) is 3.28. The minimum atomic E-state index is -0.562. The van der Waals surface area contributed by atoms with Crippen molar-refractivity contribution < 1.29 is 18.7 Å². The second-order valence-corrected chi connectivity index (χ2v) is 4.98. The summed E-state index contributed by atoms with van der Waals surface area (Å²) in [6.07, 6.45) is 3.23. The minimum absolute atomic E-state index is 0.149. The molecule has 1 aliphatic heterocycles. The molecule has 0 radical (unpaired) electrons. The normalized spacial score (nSPS) is 15.1. The highest BCUT2D eigenvalue weighted by atomic mass is 19.1. The zero-order valence-electron chi connectivity index (χ0n) is 12.7. The molecule has 0 N–H and O–H groups in total. The van der Waals surface area contributed by atoms with Crippen LogP contribution in [0.15, 0.2) is 71.9 Å². The molecule has 0 spiro atoms. The summed E-state index contributed by atoms with van der Waals surface area (Å²) in [6.45, 7) is 3.96. The van der Waals surface area contributed by atoms with Crippen LogP contribution in [-0.2, 0) is 9.53 Å². The molecule has 0 atom stereocenters. The van der Waals surface area contributed by atoms with Crippen LogP contribution in [-0.4, -0.2) is 18.5 Å². The maximum Gasteiger partial charge on any atom is 0.363 e. The topological polar surface area (TPSA) is 47.9 Å². The highest BCUT2D eigenvalue weighted by Crippen LogP contribution is 2.24. The van der Waals surface area contributed by atoms with Crippen LogP contribution in [0, 0.1) is 5.82 Å². The minimum Gasteiger partial charge on any atom is -0.489 e. The number of rotatable bonds is 5. The number of para-hydroxylation sites is 1. The number of benzene rings is 2. The Morgan fingerprint density at radius 1 is 1.17 bits per heavy atom. The lowest BCUT2D eigenvalue weighted by atomic mass is 10.1. The molecular weight excluding hydrogens is 309 g/mol. The fourth-order valence-corrected chi connectivity index (χ4v) is 2.15. The van der Waals surface area contributed by atoms with Crippen molar-refractivity contribution in [3.05, 3.63) is 83.8 Å². The quantitative estimate of drug-likeness (QED) is 0.478. The largest absolute Gasteiger partial charge is 0.489 e. The third kappa shape index (κ3) is 3.41. The van der Waals surface area contributed by atoms with E-state index in [-0.39, 0.29) is 17.4 Å². The Balaban J connectivity index is 1.91. The first-order chi connectivity index (χ1) is 11.7. The zero-order chi connectivity index (χ0) is 16.9. The predicted molar refractivity (Wildman–Crippen MR) is 89.1 cm³/mol. The van der Waals surface area contributed by atoms with E-state index in [2.05, 4.69) is 11.6 Å². The van der Waals surface area contributed by atoms with E-state index in [1.54, 1.807) is 18.2 Å². The van der Waals surface area contributed by atoms with Crippen LogP contribution in [0.25, 0.3) is 6.08 Å². The molecular formula is C19H14FNO3. The van der Waals surface area contributed by atoms with E-state index in [9.17, 15) is 9.18 Å². The smallest absolute Gasteiger partial charge is 0.363 e. The van der Waals surface area contributed by atoms with Crippen LogP contribution in [0.5, 0.6) is 5.75 Å². The molecule has 3 rings (SSSR count). The standard InChI is InChI=1S/C19H14FNO3/c1-2-11-23-17-6-4-3-5-14(17)12-16-19(22)24-18(21-16)13-7-9-15(20)10-8-13/h2-10,12H,1,11H2. The van der Waals surface area contributed by atoms with Crippen LogP contribution in [0.2, 0.25) is 0 Å². The highest BCUT2D eigenvalue weighted by Gasteiger charge is 2.24. The number of halogens is 1. The number of esters is 1. The monoisotopic (exact) mass is 323 g/mol. The molecule has 2 aromatic carbocycles. The first-order valence-corrected chi connectivity index (χ1v) is 7.28. The zero-order valence-corrected chi connectivity index (χ0v) is 12.7. The number of aliphatic imine (C=N–C) groups is 1. The Labute approximate surface area is 138 Å². The summed E-state index contributed by atoms with van der Waals surface area (Å²) in [4.78, 5) is 16.2. The third-order valence-corrected chi connectivity index (χ3v) is 3.28. The molecule has 120 valence electrons. The average Bonchev–Trinajstić information content (AvgIpc) is 2.95. The molecule has 0 saturated heterocycles. The molecule has 0 aromatic heterocycles. The number of hydrogen-bond donors (Lipinski definition) is 0. The molecule has 0 saturated carbocycles. The Hall–Kier alpha value is -3.21. The predicted octanol–water partition coefficient (Wildman–Crippen LogP) is 3.74. The number of carbonyl (C=O) groups is 1. The fourth-order valence-electron chi connectivity index (χ4n) is 2.15. The van der Waals surface area contributed by atoms with Gasteiger partial charge in [-0.1, -0.05) is 30.9 Å². The number of cyclic esters (lactones) is 1. The van der Waals surface area contributed by atoms with Crippen LogP contribution in [0.4, 0.5) is 4.39 Å². The molecule has 0 unspecified atom stereocenters. The van der Waals surface area contributed by atoms with Crippen LogP contribution in [0.3, 0.4) is 0 Å². The molecule has 5 heteroatoms. The summed E-state index contributed by atoms with van der Waals surface area (Å²) in [5.74, 6) is -0.167. The van der Waals surface area contributed by atoms with Crippen LogP contribution in [0.1, 0.15) is 11.1 Å². The summed E-state index contributed by atoms with van der Waals surface area (Å²) in [5, 5.41) is 0. The van der Waals surface area contributed by atoms with Crippen molar-refractivity contribution in [2.45, 2.75) is 0 Å². The lowest BCUT2D eigenvalue weighted by Crippen LogP contribution is -2.05. The molecule has 4 nitrogen and oxygen atoms in total. The molecule has 2 aromatic rings. The van der Waals surface area contributed by atoms with E-state index in [0.29, 0.717) is 23.5 Å². The van der Waals surface area contributed by atoms with E-state index < -0.39 is 5.97 Å².